The fourth-order valence-corrected chi connectivity index (χ4v) is 1.43. The number of anilines is 1. The number of hydrogen-bond donors (Lipinski definition) is 1. The molecule has 1 aliphatic carbocycles. The van der Waals surface area contributed by atoms with Gasteiger partial charge in [0, 0.05) is 25.0 Å². The maximum atomic E-state index is 4.29. The van der Waals surface area contributed by atoms with Gasteiger partial charge >= 0.3 is 0 Å². The molecule has 1 aromatic heterocycles. The molecular weight excluding hydrogens is 162 g/mol. The highest BCUT2D eigenvalue weighted by Gasteiger charge is 2.22. The second-order valence-corrected chi connectivity index (χ2v) is 4.15. The zero-order chi connectivity index (χ0) is 9.26. The lowest BCUT2D eigenvalue weighted by Gasteiger charge is -2.11. The summed E-state index contributed by atoms with van der Waals surface area (Å²) in [7, 11) is 0. The smallest absolute Gasteiger partial charge is 0.202 e. The number of imidazole rings is 1. The van der Waals surface area contributed by atoms with E-state index in [9.17, 15) is 0 Å². The minimum atomic E-state index is 0.459. The highest BCUT2D eigenvalue weighted by molar-refractivity contribution is 5.26. The predicted octanol–water partition coefficient (Wildman–Crippen LogP) is 2.11. The SMILES string of the molecule is CC(C)Nc1nccn1CC1CC1. The lowest BCUT2D eigenvalue weighted by atomic mass is 10.4. The molecule has 0 bridgehead atoms. The van der Waals surface area contributed by atoms with Crippen molar-refractivity contribution in [3.05, 3.63) is 12.4 Å². The Kier molecular flexibility index (Phi) is 2.25. The Balaban J connectivity index is 2.01. The first-order valence-electron chi connectivity index (χ1n) is 5.03. The van der Waals surface area contributed by atoms with E-state index >= 15 is 0 Å². The zero-order valence-corrected chi connectivity index (χ0v) is 8.33. The van der Waals surface area contributed by atoms with Crippen LogP contribution in [0.5, 0.6) is 0 Å². The van der Waals surface area contributed by atoms with Crippen LogP contribution in [0, 0.1) is 5.92 Å². The molecule has 72 valence electrons. The number of nitrogens with one attached hydrogen (secondary N) is 1. The second-order valence-electron chi connectivity index (χ2n) is 4.15. The highest BCUT2D eigenvalue weighted by Crippen LogP contribution is 2.31. The summed E-state index contributed by atoms with van der Waals surface area (Å²) in [6, 6.07) is 0.459. The summed E-state index contributed by atoms with van der Waals surface area (Å²) in [4.78, 5) is 4.29. The molecule has 1 N–H and O–H groups in total. The third kappa shape index (κ3) is 2.23. The third-order valence-electron chi connectivity index (χ3n) is 2.29. The van der Waals surface area contributed by atoms with E-state index in [0.29, 0.717) is 6.04 Å². The summed E-state index contributed by atoms with van der Waals surface area (Å²) in [6.07, 6.45) is 6.70. The summed E-state index contributed by atoms with van der Waals surface area (Å²) in [5, 5.41) is 3.34. The van der Waals surface area contributed by atoms with Gasteiger partial charge in [0.25, 0.3) is 0 Å². The molecule has 0 aliphatic heterocycles. The van der Waals surface area contributed by atoms with E-state index in [4.69, 9.17) is 0 Å². The molecule has 1 aromatic rings. The first-order valence-corrected chi connectivity index (χ1v) is 5.03. The van der Waals surface area contributed by atoms with Crippen LogP contribution in [0.25, 0.3) is 0 Å². The summed E-state index contributed by atoms with van der Waals surface area (Å²) < 4.78 is 2.22. The molecule has 3 heteroatoms. The van der Waals surface area contributed by atoms with Crippen molar-refractivity contribution in [1.82, 2.24) is 9.55 Å². The average molecular weight is 179 g/mol. The standard InChI is InChI=1S/C10H17N3/c1-8(2)12-10-11-5-6-13(10)7-9-3-4-9/h5-6,8-9H,3-4,7H2,1-2H3,(H,11,12). The topological polar surface area (TPSA) is 29.9 Å². The van der Waals surface area contributed by atoms with Crippen LogP contribution in [-0.2, 0) is 6.54 Å². The van der Waals surface area contributed by atoms with Gasteiger partial charge in [-0.05, 0) is 32.6 Å². The number of hydrogen-bond acceptors (Lipinski definition) is 2. The summed E-state index contributed by atoms with van der Waals surface area (Å²) in [5.41, 5.74) is 0. The fraction of sp³-hybridized carbons (Fsp3) is 0.700. The molecule has 13 heavy (non-hydrogen) atoms. The molecule has 3 nitrogen and oxygen atoms in total. The predicted molar refractivity (Wildman–Crippen MR) is 53.7 cm³/mol. The van der Waals surface area contributed by atoms with E-state index in [2.05, 4.69) is 34.9 Å². The van der Waals surface area contributed by atoms with Gasteiger partial charge in [-0.1, -0.05) is 0 Å². The zero-order valence-electron chi connectivity index (χ0n) is 8.33. The molecule has 1 aliphatic rings. The van der Waals surface area contributed by atoms with Crippen LogP contribution in [0.2, 0.25) is 0 Å². The molecule has 0 unspecified atom stereocenters. The monoisotopic (exact) mass is 179 g/mol. The van der Waals surface area contributed by atoms with E-state index in [0.717, 1.165) is 18.4 Å². The Morgan fingerprint density at radius 2 is 2.38 bits per heavy atom. The van der Waals surface area contributed by atoms with Crippen molar-refractivity contribution in [3.8, 4) is 0 Å². The Hall–Kier alpha value is -0.990. The van der Waals surface area contributed by atoms with Crippen molar-refractivity contribution >= 4 is 5.95 Å². The van der Waals surface area contributed by atoms with E-state index in [1.807, 2.05) is 6.20 Å². The van der Waals surface area contributed by atoms with Gasteiger partial charge in [0.2, 0.25) is 5.95 Å². The first kappa shape index (κ1) is 8.60. The Morgan fingerprint density at radius 1 is 1.62 bits per heavy atom. The van der Waals surface area contributed by atoms with E-state index in [1.54, 1.807) is 0 Å². The molecular formula is C10H17N3. The quantitative estimate of drug-likeness (QED) is 0.767. The van der Waals surface area contributed by atoms with Gasteiger partial charge in [-0.2, -0.15) is 0 Å². The van der Waals surface area contributed by atoms with Crippen molar-refractivity contribution in [2.75, 3.05) is 5.32 Å². The molecule has 0 saturated heterocycles. The Labute approximate surface area is 79.2 Å². The average Bonchev–Trinajstić information content (AvgIpc) is 2.75. The maximum Gasteiger partial charge on any atom is 0.202 e. The third-order valence-corrected chi connectivity index (χ3v) is 2.29. The molecule has 1 saturated carbocycles. The largest absolute Gasteiger partial charge is 0.353 e. The van der Waals surface area contributed by atoms with E-state index < -0.39 is 0 Å². The van der Waals surface area contributed by atoms with Gasteiger partial charge in [0.15, 0.2) is 0 Å². The molecule has 2 rings (SSSR count). The van der Waals surface area contributed by atoms with Crippen LogP contribution in [0.3, 0.4) is 0 Å². The van der Waals surface area contributed by atoms with Crippen LogP contribution < -0.4 is 5.32 Å². The molecule has 0 aromatic carbocycles. The summed E-state index contributed by atoms with van der Waals surface area (Å²) >= 11 is 0. The minimum Gasteiger partial charge on any atom is -0.353 e. The molecule has 0 spiro atoms. The molecule has 0 radical (unpaired) electrons. The van der Waals surface area contributed by atoms with Gasteiger partial charge in [-0.25, -0.2) is 4.98 Å². The lowest BCUT2D eigenvalue weighted by molar-refractivity contribution is 0.627. The van der Waals surface area contributed by atoms with Crippen LogP contribution in [0.1, 0.15) is 26.7 Å². The molecule has 1 heterocycles. The summed E-state index contributed by atoms with van der Waals surface area (Å²) in [5.74, 6) is 1.92. The summed E-state index contributed by atoms with van der Waals surface area (Å²) in [6.45, 7) is 5.40. The van der Waals surface area contributed by atoms with E-state index in [1.165, 1.54) is 12.8 Å². The van der Waals surface area contributed by atoms with E-state index in [-0.39, 0.29) is 0 Å². The minimum absolute atomic E-state index is 0.459. The second kappa shape index (κ2) is 3.40. The number of rotatable bonds is 4. The Bertz CT molecular complexity index is 255. The highest BCUT2D eigenvalue weighted by atomic mass is 15.2. The van der Waals surface area contributed by atoms with Gasteiger partial charge in [-0.15, -0.1) is 0 Å². The van der Waals surface area contributed by atoms with Crippen LogP contribution in [-0.4, -0.2) is 15.6 Å². The van der Waals surface area contributed by atoms with Crippen LogP contribution in [0.4, 0.5) is 5.95 Å². The maximum absolute atomic E-state index is 4.29. The van der Waals surface area contributed by atoms with Crippen LogP contribution in [0.15, 0.2) is 12.4 Å². The lowest BCUT2D eigenvalue weighted by Crippen LogP contribution is -2.15. The van der Waals surface area contributed by atoms with Gasteiger partial charge < -0.3 is 9.88 Å². The molecule has 0 amide bonds. The normalized spacial score (nSPS) is 16.5. The van der Waals surface area contributed by atoms with Crippen molar-refractivity contribution in [2.45, 2.75) is 39.3 Å². The first-order chi connectivity index (χ1) is 6.25. The fourth-order valence-electron chi connectivity index (χ4n) is 1.43. The molecule has 1 fully saturated rings. The van der Waals surface area contributed by atoms with Gasteiger partial charge in [0.1, 0.15) is 0 Å². The number of aromatic nitrogens is 2. The van der Waals surface area contributed by atoms with Crippen molar-refractivity contribution in [3.63, 3.8) is 0 Å². The van der Waals surface area contributed by atoms with Crippen molar-refractivity contribution in [2.24, 2.45) is 5.92 Å². The Morgan fingerprint density at radius 3 is 3.00 bits per heavy atom. The van der Waals surface area contributed by atoms with Gasteiger partial charge in [-0.3, -0.25) is 0 Å². The van der Waals surface area contributed by atoms with Crippen molar-refractivity contribution in [1.29, 1.82) is 0 Å². The van der Waals surface area contributed by atoms with Gasteiger partial charge in [0.05, 0.1) is 0 Å². The van der Waals surface area contributed by atoms with Crippen LogP contribution >= 0.6 is 0 Å². The molecule has 0 atom stereocenters. The number of nitrogens with zero attached hydrogens (tertiary/aromatic N) is 2. The van der Waals surface area contributed by atoms with Crippen molar-refractivity contribution < 1.29 is 0 Å².